The topological polar surface area (TPSA) is 46.3 Å². The van der Waals surface area contributed by atoms with Gasteiger partial charge in [0.05, 0.1) is 5.25 Å². The van der Waals surface area contributed by atoms with Gasteiger partial charge in [0.2, 0.25) is 5.91 Å². The molecule has 0 radical (unpaired) electrons. The summed E-state index contributed by atoms with van der Waals surface area (Å²) < 4.78 is 0. The third kappa shape index (κ3) is 3.44. The smallest absolute Gasteiger partial charge is 0.236 e. The van der Waals surface area contributed by atoms with Crippen molar-refractivity contribution in [3.63, 3.8) is 0 Å². The Hall–Kier alpha value is 0.420. The molecule has 2 aliphatic heterocycles. The third-order valence-electron chi connectivity index (χ3n) is 2.63. The van der Waals surface area contributed by atoms with Crippen molar-refractivity contribution in [2.75, 3.05) is 30.3 Å². The van der Waals surface area contributed by atoms with Gasteiger partial charge >= 0.3 is 0 Å². The van der Waals surface area contributed by atoms with Crippen LogP contribution in [0.2, 0.25) is 0 Å². The van der Waals surface area contributed by atoms with E-state index < -0.39 is 0 Å². The van der Waals surface area contributed by atoms with Crippen molar-refractivity contribution in [1.29, 1.82) is 0 Å². The summed E-state index contributed by atoms with van der Waals surface area (Å²) in [5, 5.41) is 0.194. The summed E-state index contributed by atoms with van der Waals surface area (Å²) >= 11 is 3.70. The average molecular weight is 269 g/mol. The van der Waals surface area contributed by atoms with E-state index in [0.717, 1.165) is 31.0 Å². The maximum absolute atomic E-state index is 12.0. The second kappa shape index (κ2) is 6.23. The molecule has 0 saturated carbocycles. The summed E-state index contributed by atoms with van der Waals surface area (Å²) in [5.41, 5.74) is 5.79. The Morgan fingerprint density at radius 3 is 2.73 bits per heavy atom. The minimum atomic E-state index is 0. The standard InChI is InChI=1S/C9H16N2OS2.ClH/c10-7-1-2-11(5-7)9(12)8-6-13-3-4-14-8;/h7-8H,1-6,10H2;1H. The van der Waals surface area contributed by atoms with Crippen LogP contribution in [-0.2, 0) is 4.79 Å². The largest absolute Gasteiger partial charge is 0.340 e. The van der Waals surface area contributed by atoms with Crippen LogP contribution in [0.4, 0.5) is 0 Å². The highest BCUT2D eigenvalue weighted by Gasteiger charge is 2.30. The minimum Gasteiger partial charge on any atom is -0.340 e. The number of nitrogens with two attached hydrogens (primary N) is 1. The first-order chi connectivity index (χ1) is 6.77. The molecule has 15 heavy (non-hydrogen) atoms. The number of hydrogen-bond donors (Lipinski definition) is 1. The number of carbonyl (C=O) groups is 1. The van der Waals surface area contributed by atoms with Crippen LogP contribution < -0.4 is 5.73 Å². The molecule has 2 fully saturated rings. The van der Waals surface area contributed by atoms with Crippen molar-refractivity contribution in [3.8, 4) is 0 Å². The van der Waals surface area contributed by atoms with E-state index in [1.54, 1.807) is 11.8 Å². The first kappa shape index (κ1) is 13.5. The highest BCUT2D eigenvalue weighted by Crippen LogP contribution is 2.26. The van der Waals surface area contributed by atoms with Crippen molar-refractivity contribution < 1.29 is 4.79 Å². The number of hydrogen-bond acceptors (Lipinski definition) is 4. The van der Waals surface area contributed by atoms with Crippen LogP contribution in [0.1, 0.15) is 6.42 Å². The fraction of sp³-hybridized carbons (Fsp3) is 0.889. The van der Waals surface area contributed by atoms with Crippen LogP contribution in [0.3, 0.4) is 0 Å². The van der Waals surface area contributed by atoms with Crippen molar-refractivity contribution in [3.05, 3.63) is 0 Å². The molecule has 2 N–H and O–H groups in total. The lowest BCUT2D eigenvalue weighted by molar-refractivity contribution is -0.129. The first-order valence-corrected chi connectivity index (χ1v) is 7.21. The molecule has 88 valence electrons. The predicted molar refractivity (Wildman–Crippen MR) is 70.0 cm³/mol. The molecule has 0 aromatic carbocycles. The highest BCUT2D eigenvalue weighted by atomic mass is 35.5. The fourth-order valence-electron chi connectivity index (χ4n) is 1.82. The molecule has 2 saturated heterocycles. The molecule has 2 atom stereocenters. The normalized spacial score (nSPS) is 31.1. The molecule has 2 heterocycles. The molecule has 0 aromatic heterocycles. The molecule has 1 amide bonds. The van der Waals surface area contributed by atoms with E-state index in [4.69, 9.17) is 5.73 Å². The van der Waals surface area contributed by atoms with E-state index in [0.29, 0.717) is 5.91 Å². The van der Waals surface area contributed by atoms with Gasteiger partial charge in [0.25, 0.3) is 0 Å². The maximum Gasteiger partial charge on any atom is 0.236 e. The molecule has 0 spiro atoms. The van der Waals surface area contributed by atoms with Gasteiger partial charge in [-0.3, -0.25) is 4.79 Å². The third-order valence-corrected chi connectivity index (χ3v) is 5.37. The van der Waals surface area contributed by atoms with Crippen molar-refractivity contribution in [2.24, 2.45) is 5.73 Å². The first-order valence-electron chi connectivity index (χ1n) is 5.01. The molecule has 2 aliphatic rings. The van der Waals surface area contributed by atoms with Crippen LogP contribution in [0, 0.1) is 0 Å². The highest BCUT2D eigenvalue weighted by molar-refractivity contribution is 8.07. The van der Waals surface area contributed by atoms with Gasteiger partial charge in [-0.25, -0.2) is 0 Å². The van der Waals surface area contributed by atoms with E-state index in [-0.39, 0.29) is 23.7 Å². The van der Waals surface area contributed by atoms with Crippen LogP contribution in [0.25, 0.3) is 0 Å². The Morgan fingerprint density at radius 2 is 2.20 bits per heavy atom. The van der Waals surface area contributed by atoms with Crippen molar-refractivity contribution in [2.45, 2.75) is 17.7 Å². The van der Waals surface area contributed by atoms with Crippen molar-refractivity contribution >= 4 is 41.8 Å². The summed E-state index contributed by atoms with van der Waals surface area (Å²) in [6, 6.07) is 0.209. The molecule has 2 rings (SSSR count). The van der Waals surface area contributed by atoms with E-state index in [9.17, 15) is 4.79 Å². The zero-order chi connectivity index (χ0) is 9.97. The molecule has 0 aromatic rings. The fourth-order valence-corrected chi connectivity index (χ4v) is 4.45. The number of rotatable bonds is 1. The quantitative estimate of drug-likeness (QED) is 0.765. The Balaban J connectivity index is 0.00000112. The van der Waals surface area contributed by atoms with Gasteiger partial charge in [0.1, 0.15) is 0 Å². The van der Waals surface area contributed by atoms with Gasteiger partial charge in [-0.05, 0) is 6.42 Å². The van der Waals surface area contributed by atoms with Gasteiger partial charge in [-0.1, -0.05) is 0 Å². The lowest BCUT2D eigenvalue weighted by Crippen LogP contribution is -2.40. The number of amides is 1. The van der Waals surface area contributed by atoms with Gasteiger partial charge < -0.3 is 10.6 Å². The Labute approximate surface area is 105 Å². The summed E-state index contributed by atoms with van der Waals surface area (Å²) in [5.74, 6) is 3.60. The zero-order valence-electron chi connectivity index (χ0n) is 8.55. The van der Waals surface area contributed by atoms with E-state index in [1.165, 1.54) is 5.75 Å². The number of carbonyl (C=O) groups excluding carboxylic acids is 1. The number of halogens is 1. The summed E-state index contributed by atoms with van der Waals surface area (Å²) in [4.78, 5) is 13.9. The van der Waals surface area contributed by atoms with E-state index in [2.05, 4.69) is 0 Å². The molecule has 2 unspecified atom stereocenters. The molecule has 3 nitrogen and oxygen atoms in total. The minimum absolute atomic E-state index is 0. The Kier molecular flexibility index (Phi) is 5.60. The monoisotopic (exact) mass is 268 g/mol. The second-order valence-electron chi connectivity index (χ2n) is 3.77. The Morgan fingerprint density at radius 1 is 1.40 bits per heavy atom. The lowest BCUT2D eigenvalue weighted by atomic mass is 10.3. The van der Waals surface area contributed by atoms with Gasteiger partial charge in [-0.15, -0.1) is 24.2 Å². The summed E-state index contributed by atoms with van der Waals surface area (Å²) in [7, 11) is 0. The second-order valence-corrected chi connectivity index (χ2v) is 6.23. The molecule has 6 heteroatoms. The molecular weight excluding hydrogens is 252 g/mol. The lowest BCUT2D eigenvalue weighted by Gasteiger charge is -2.25. The molecule has 0 bridgehead atoms. The predicted octanol–water partition coefficient (Wildman–Crippen LogP) is 0.816. The van der Waals surface area contributed by atoms with Gasteiger partial charge in [0, 0.05) is 36.4 Å². The number of likely N-dealkylation sites (tertiary alicyclic amines) is 1. The zero-order valence-corrected chi connectivity index (χ0v) is 11.0. The Bertz CT molecular complexity index is 217. The van der Waals surface area contributed by atoms with Gasteiger partial charge in [0.15, 0.2) is 0 Å². The maximum atomic E-state index is 12.0. The summed E-state index contributed by atoms with van der Waals surface area (Å²) in [6.07, 6.45) is 0.969. The van der Waals surface area contributed by atoms with Gasteiger partial charge in [-0.2, -0.15) is 11.8 Å². The molecule has 0 aliphatic carbocycles. The van der Waals surface area contributed by atoms with Crippen molar-refractivity contribution in [1.82, 2.24) is 4.90 Å². The van der Waals surface area contributed by atoms with Crippen LogP contribution in [0.5, 0.6) is 0 Å². The van der Waals surface area contributed by atoms with E-state index in [1.807, 2.05) is 16.7 Å². The summed E-state index contributed by atoms with van der Waals surface area (Å²) in [6.45, 7) is 1.63. The average Bonchev–Trinajstić information content (AvgIpc) is 2.65. The SMILES string of the molecule is Cl.NC1CCN(C(=O)C2CSCCS2)C1. The van der Waals surface area contributed by atoms with Crippen LogP contribution in [0.15, 0.2) is 0 Å². The number of thioether (sulfide) groups is 2. The number of nitrogens with zero attached hydrogens (tertiary/aromatic N) is 1. The van der Waals surface area contributed by atoms with Crippen LogP contribution >= 0.6 is 35.9 Å². The molecular formula is C9H17ClN2OS2. The van der Waals surface area contributed by atoms with Crippen LogP contribution in [-0.4, -0.2) is 52.4 Å². The van der Waals surface area contributed by atoms with E-state index >= 15 is 0 Å².